The number of amides is 5. The average Bonchev–Trinajstić information content (AvgIpc) is 2.62. The summed E-state index contributed by atoms with van der Waals surface area (Å²) in [5.74, 6) is -2.55. The zero-order valence-electron chi connectivity index (χ0n) is 11.5. The van der Waals surface area contributed by atoms with Gasteiger partial charge in [-0.05, 0) is 24.6 Å². The first-order chi connectivity index (χ1) is 9.82. The molecule has 0 saturated carbocycles. The highest BCUT2D eigenvalue weighted by molar-refractivity contribution is 6.44. The Morgan fingerprint density at radius 3 is 2.48 bits per heavy atom. The van der Waals surface area contributed by atoms with E-state index in [0.29, 0.717) is 26.7 Å². The number of hydrogen-bond donors (Lipinski definition) is 2. The molecule has 0 unspecified atom stereocenters. The molecule has 1 aliphatic rings. The Balaban J connectivity index is 2.09. The third-order valence-electron chi connectivity index (χ3n) is 3.20. The number of nitrogens with one attached hydrogen (secondary N) is 1. The molecule has 8 nitrogen and oxygen atoms in total. The van der Waals surface area contributed by atoms with Crippen molar-refractivity contribution in [2.45, 2.75) is 6.92 Å². The maximum absolute atomic E-state index is 11.9. The van der Waals surface area contributed by atoms with Crippen LogP contribution in [0.3, 0.4) is 0 Å². The summed E-state index contributed by atoms with van der Waals surface area (Å²) in [6.07, 6.45) is 0. The monoisotopic (exact) mass is 290 g/mol. The number of nitrogens with two attached hydrogens (primary N) is 1. The Hall–Kier alpha value is -2.90. The lowest BCUT2D eigenvalue weighted by Gasteiger charge is -2.14. The molecule has 0 spiro atoms. The number of carbonyl (C=O) groups is 4. The number of benzene rings is 1. The summed E-state index contributed by atoms with van der Waals surface area (Å²) in [5.41, 5.74) is 7.39. The maximum atomic E-state index is 11.9. The molecule has 1 aromatic rings. The smallest absolute Gasteiger partial charge is 0.334 e. The molecule has 8 heteroatoms. The van der Waals surface area contributed by atoms with Crippen LogP contribution in [0.1, 0.15) is 5.56 Å². The number of hydrogen-bond acceptors (Lipinski definition) is 5. The zero-order chi connectivity index (χ0) is 15.7. The first-order valence-corrected chi connectivity index (χ1v) is 6.11. The van der Waals surface area contributed by atoms with Crippen molar-refractivity contribution >= 4 is 35.1 Å². The molecule has 2 rings (SSSR count). The molecule has 0 aliphatic carbocycles. The van der Waals surface area contributed by atoms with Crippen molar-refractivity contribution in [2.24, 2.45) is 0 Å². The highest BCUT2D eigenvalue weighted by Crippen LogP contribution is 2.20. The molecule has 0 bridgehead atoms. The second-order valence-corrected chi connectivity index (χ2v) is 4.61. The molecule has 0 aromatic heterocycles. The number of nitrogen functional groups attached to an aromatic ring is 1. The SMILES string of the molecule is Cc1c(N)cccc1NC(=O)CN1C(=O)C(=O)N(C)C1=O. The van der Waals surface area contributed by atoms with Crippen molar-refractivity contribution in [1.29, 1.82) is 0 Å². The third kappa shape index (κ3) is 2.55. The van der Waals surface area contributed by atoms with Gasteiger partial charge in [0.1, 0.15) is 6.54 Å². The number of nitrogens with zero attached hydrogens (tertiary/aromatic N) is 2. The molecule has 110 valence electrons. The van der Waals surface area contributed by atoms with Crippen molar-refractivity contribution in [3.8, 4) is 0 Å². The van der Waals surface area contributed by atoms with Crippen LogP contribution in [0, 0.1) is 6.92 Å². The van der Waals surface area contributed by atoms with Crippen molar-refractivity contribution in [3.63, 3.8) is 0 Å². The highest BCUT2D eigenvalue weighted by atomic mass is 16.2. The third-order valence-corrected chi connectivity index (χ3v) is 3.20. The molecule has 1 fully saturated rings. The van der Waals surface area contributed by atoms with E-state index in [1.54, 1.807) is 25.1 Å². The number of likely N-dealkylation sites (N-methyl/N-ethyl adjacent to an activating group) is 1. The van der Waals surface area contributed by atoms with E-state index in [1.165, 1.54) is 7.05 Å². The van der Waals surface area contributed by atoms with Gasteiger partial charge in [0.05, 0.1) is 0 Å². The second-order valence-electron chi connectivity index (χ2n) is 4.61. The Kier molecular flexibility index (Phi) is 3.62. The van der Waals surface area contributed by atoms with Crippen LogP contribution in [0.25, 0.3) is 0 Å². The minimum absolute atomic E-state index is 0.485. The van der Waals surface area contributed by atoms with E-state index < -0.39 is 30.3 Å². The summed E-state index contributed by atoms with van der Waals surface area (Å²) >= 11 is 0. The molecule has 1 aliphatic heterocycles. The van der Waals surface area contributed by atoms with E-state index in [-0.39, 0.29) is 0 Å². The van der Waals surface area contributed by atoms with Gasteiger partial charge in [-0.2, -0.15) is 0 Å². The van der Waals surface area contributed by atoms with Gasteiger partial charge < -0.3 is 11.1 Å². The quantitative estimate of drug-likeness (QED) is 0.460. The second kappa shape index (κ2) is 5.23. The number of anilines is 2. The first-order valence-electron chi connectivity index (χ1n) is 6.11. The number of urea groups is 1. The van der Waals surface area contributed by atoms with Crippen LogP contribution in [0.2, 0.25) is 0 Å². The number of imide groups is 2. The molecular weight excluding hydrogens is 276 g/mol. The van der Waals surface area contributed by atoms with E-state index in [0.717, 1.165) is 0 Å². The highest BCUT2D eigenvalue weighted by Gasteiger charge is 2.42. The number of carbonyl (C=O) groups excluding carboxylic acids is 4. The van der Waals surface area contributed by atoms with E-state index in [9.17, 15) is 19.2 Å². The molecule has 0 atom stereocenters. The summed E-state index contributed by atoms with van der Waals surface area (Å²) in [6.45, 7) is 1.20. The van der Waals surface area contributed by atoms with E-state index in [1.807, 2.05) is 0 Å². The summed E-state index contributed by atoms with van der Waals surface area (Å²) < 4.78 is 0. The van der Waals surface area contributed by atoms with Gasteiger partial charge in [-0.3, -0.25) is 19.3 Å². The van der Waals surface area contributed by atoms with E-state index >= 15 is 0 Å². The molecule has 1 aromatic carbocycles. The van der Waals surface area contributed by atoms with Crippen molar-refractivity contribution in [2.75, 3.05) is 24.6 Å². The van der Waals surface area contributed by atoms with Gasteiger partial charge in [-0.25, -0.2) is 9.69 Å². The predicted molar refractivity (Wildman–Crippen MR) is 74.1 cm³/mol. The molecule has 5 amide bonds. The zero-order valence-corrected chi connectivity index (χ0v) is 11.5. The Morgan fingerprint density at radius 2 is 1.90 bits per heavy atom. The summed E-state index contributed by atoms with van der Waals surface area (Å²) in [6, 6.07) is 4.19. The van der Waals surface area contributed by atoms with Crippen LogP contribution in [0.5, 0.6) is 0 Å². The topological polar surface area (TPSA) is 113 Å². The lowest BCUT2D eigenvalue weighted by atomic mass is 10.1. The van der Waals surface area contributed by atoms with Crippen LogP contribution in [-0.4, -0.2) is 47.1 Å². The van der Waals surface area contributed by atoms with E-state index in [2.05, 4.69) is 5.32 Å². The van der Waals surface area contributed by atoms with Gasteiger partial charge in [0.15, 0.2) is 0 Å². The maximum Gasteiger partial charge on any atom is 0.334 e. The molecule has 0 radical (unpaired) electrons. The van der Waals surface area contributed by atoms with Crippen LogP contribution in [-0.2, 0) is 14.4 Å². The fourth-order valence-corrected chi connectivity index (χ4v) is 1.88. The molecule has 1 heterocycles. The Labute approximate surface area is 120 Å². The molecular formula is C13H14N4O4. The van der Waals surface area contributed by atoms with Crippen molar-refractivity contribution in [3.05, 3.63) is 23.8 Å². The largest absolute Gasteiger partial charge is 0.398 e. The van der Waals surface area contributed by atoms with Crippen LogP contribution in [0.15, 0.2) is 18.2 Å². The van der Waals surface area contributed by atoms with Gasteiger partial charge in [-0.15, -0.1) is 0 Å². The van der Waals surface area contributed by atoms with Gasteiger partial charge in [0, 0.05) is 18.4 Å². The van der Waals surface area contributed by atoms with Crippen LogP contribution in [0.4, 0.5) is 16.2 Å². The van der Waals surface area contributed by atoms with E-state index in [4.69, 9.17) is 5.73 Å². The van der Waals surface area contributed by atoms with Crippen molar-refractivity contribution in [1.82, 2.24) is 9.80 Å². The van der Waals surface area contributed by atoms with Crippen molar-refractivity contribution < 1.29 is 19.2 Å². The Morgan fingerprint density at radius 1 is 1.24 bits per heavy atom. The molecule has 1 saturated heterocycles. The normalized spacial score (nSPS) is 14.9. The summed E-state index contributed by atoms with van der Waals surface area (Å²) in [4.78, 5) is 47.7. The molecule has 3 N–H and O–H groups in total. The fourth-order valence-electron chi connectivity index (χ4n) is 1.88. The predicted octanol–water partition coefficient (Wildman–Crippen LogP) is -0.0637. The molecule has 21 heavy (non-hydrogen) atoms. The lowest BCUT2D eigenvalue weighted by molar-refractivity contribution is -0.143. The summed E-state index contributed by atoms with van der Waals surface area (Å²) in [5, 5.41) is 2.55. The minimum atomic E-state index is -1.01. The minimum Gasteiger partial charge on any atom is -0.398 e. The van der Waals surface area contributed by atoms with Gasteiger partial charge in [-0.1, -0.05) is 6.07 Å². The lowest BCUT2D eigenvalue weighted by Crippen LogP contribution is -2.38. The van der Waals surface area contributed by atoms with Gasteiger partial charge in [0.25, 0.3) is 0 Å². The summed E-state index contributed by atoms with van der Waals surface area (Å²) in [7, 11) is 1.18. The standard InChI is InChI=1S/C13H14N4O4/c1-7-8(14)4-3-5-9(7)15-10(18)6-17-12(20)11(19)16(2)13(17)21/h3-5H,6,14H2,1-2H3,(H,15,18). The first kappa shape index (κ1) is 14.5. The van der Waals surface area contributed by atoms with Gasteiger partial charge >= 0.3 is 17.8 Å². The Bertz CT molecular complexity index is 656. The fraction of sp³-hybridized carbons (Fsp3) is 0.231. The van der Waals surface area contributed by atoms with Crippen LogP contribution < -0.4 is 11.1 Å². The number of rotatable bonds is 3. The van der Waals surface area contributed by atoms with Crippen LogP contribution >= 0.6 is 0 Å². The average molecular weight is 290 g/mol. The van der Waals surface area contributed by atoms with Gasteiger partial charge in [0.2, 0.25) is 5.91 Å².